The van der Waals surface area contributed by atoms with Gasteiger partial charge >= 0.3 is 5.97 Å². The number of aromatic carboxylic acids is 1. The zero-order valence-electron chi connectivity index (χ0n) is 11.6. The summed E-state index contributed by atoms with van der Waals surface area (Å²) in [6, 6.07) is 6.09. The number of aromatic nitrogens is 1. The average molecular weight is 294 g/mol. The Morgan fingerprint density at radius 1 is 1.30 bits per heavy atom. The number of fused-ring (bicyclic) bond motifs is 1. The number of carboxylic acids is 1. The second-order valence-electron chi connectivity index (χ2n) is 6.01. The number of rotatable bonds is 2. The number of carboxylic acid groups (broad SMARTS) is 1. The van der Waals surface area contributed by atoms with Crippen LogP contribution in [-0.4, -0.2) is 15.6 Å². The summed E-state index contributed by atoms with van der Waals surface area (Å²) in [7, 11) is 0. The van der Waals surface area contributed by atoms with Crippen LogP contribution in [0.15, 0.2) is 29.1 Å². The van der Waals surface area contributed by atoms with Crippen molar-refractivity contribution in [3.8, 4) is 0 Å². The van der Waals surface area contributed by atoms with Crippen molar-refractivity contribution in [3.05, 3.63) is 45.2 Å². The molecule has 2 aromatic rings. The fourth-order valence-electron chi connectivity index (χ4n) is 2.17. The first-order chi connectivity index (χ1) is 9.19. The van der Waals surface area contributed by atoms with E-state index in [0.29, 0.717) is 22.5 Å². The van der Waals surface area contributed by atoms with Crippen LogP contribution in [0, 0.1) is 5.41 Å². The van der Waals surface area contributed by atoms with Gasteiger partial charge < -0.3 is 9.67 Å². The summed E-state index contributed by atoms with van der Waals surface area (Å²) < 4.78 is 1.66. The SMILES string of the molecule is CC(C)(C)Cn1c(C(=O)O)cc(=O)c2cc(Cl)ccc21. The van der Waals surface area contributed by atoms with Gasteiger partial charge in [0.1, 0.15) is 5.69 Å². The first-order valence-corrected chi connectivity index (χ1v) is 6.63. The van der Waals surface area contributed by atoms with Crippen molar-refractivity contribution in [2.45, 2.75) is 27.3 Å². The van der Waals surface area contributed by atoms with Gasteiger partial charge in [-0.15, -0.1) is 0 Å². The normalized spacial score (nSPS) is 11.8. The van der Waals surface area contributed by atoms with Gasteiger partial charge in [0, 0.05) is 23.0 Å². The quantitative estimate of drug-likeness (QED) is 0.923. The zero-order valence-corrected chi connectivity index (χ0v) is 12.4. The van der Waals surface area contributed by atoms with E-state index >= 15 is 0 Å². The van der Waals surface area contributed by atoms with E-state index in [1.165, 1.54) is 0 Å². The molecule has 0 aliphatic heterocycles. The van der Waals surface area contributed by atoms with Gasteiger partial charge in [0.25, 0.3) is 0 Å². The predicted molar refractivity (Wildman–Crippen MR) is 79.6 cm³/mol. The Balaban J connectivity index is 2.86. The van der Waals surface area contributed by atoms with Gasteiger partial charge in [0.05, 0.1) is 5.52 Å². The number of nitrogens with zero attached hydrogens (tertiary/aromatic N) is 1. The first-order valence-electron chi connectivity index (χ1n) is 6.25. The lowest BCUT2D eigenvalue weighted by Gasteiger charge is -2.23. The van der Waals surface area contributed by atoms with E-state index in [1.807, 2.05) is 20.8 Å². The van der Waals surface area contributed by atoms with E-state index in [9.17, 15) is 14.7 Å². The number of pyridine rings is 1. The molecular weight excluding hydrogens is 278 g/mol. The molecular formula is C15H16ClNO3. The van der Waals surface area contributed by atoms with Crippen molar-refractivity contribution in [2.75, 3.05) is 0 Å². The topological polar surface area (TPSA) is 59.3 Å². The van der Waals surface area contributed by atoms with Crippen LogP contribution in [0.3, 0.4) is 0 Å². The molecule has 2 rings (SSSR count). The van der Waals surface area contributed by atoms with Crippen LogP contribution < -0.4 is 5.43 Å². The van der Waals surface area contributed by atoms with Crippen LogP contribution in [0.4, 0.5) is 0 Å². The third kappa shape index (κ3) is 2.85. The molecule has 0 bridgehead atoms. The lowest BCUT2D eigenvalue weighted by Crippen LogP contribution is -2.24. The van der Waals surface area contributed by atoms with Crippen LogP contribution in [0.2, 0.25) is 5.02 Å². The number of hydrogen-bond acceptors (Lipinski definition) is 2. The minimum Gasteiger partial charge on any atom is -0.477 e. The number of hydrogen-bond donors (Lipinski definition) is 1. The fraction of sp³-hybridized carbons (Fsp3) is 0.333. The summed E-state index contributed by atoms with van der Waals surface area (Å²) >= 11 is 5.91. The average Bonchev–Trinajstić information content (AvgIpc) is 2.30. The van der Waals surface area contributed by atoms with Crippen molar-refractivity contribution in [1.82, 2.24) is 4.57 Å². The van der Waals surface area contributed by atoms with Gasteiger partial charge in [-0.3, -0.25) is 4.79 Å². The Labute approximate surface area is 121 Å². The summed E-state index contributed by atoms with van der Waals surface area (Å²) in [6.07, 6.45) is 0. The standard InChI is InChI=1S/C15H16ClNO3/c1-15(2,3)8-17-11-5-4-9(16)6-10(11)13(18)7-12(17)14(19)20/h4-7H,8H2,1-3H3,(H,19,20). The molecule has 1 aromatic carbocycles. The predicted octanol–water partition coefficient (Wildman–Crippen LogP) is 3.40. The van der Waals surface area contributed by atoms with Gasteiger partial charge in [-0.2, -0.15) is 0 Å². The maximum absolute atomic E-state index is 12.0. The minimum atomic E-state index is -1.11. The zero-order chi connectivity index (χ0) is 15.1. The molecule has 0 atom stereocenters. The molecule has 1 aromatic heterocycles. The van der Waals surface area contributed by atoms with Crippen molar-refractivity contribution < 1.29 is 9.90 Å². The van der Waals surface area contributed by atoms with Crippen LogP contribution in [-0.2, 0) is 6.54 Å². The molecule has 0 spiro atoms. The Morgan fingerprint density at radius 3 is 2.50 bits per heavy atom. The third-order valence-corrected chi connectivity index (χ3v) is 3.16. The van der Waals surface area contributed by atoms with Crippen LogP contribution in [0.5, 0.6) is 0 Å². The van der Waals surface area contributed by atoms with Gasteiger partial charge in [-0.05, 0) is 23.6 Å². The molecule has 0 aliphatic rings. The minimum absolute atomic E-state index is 0.000234. The van der Waals surface area contributed by atoms with Gasteiger partial charge in [-0.25, -0.2) is 4.79 Å². The lowest BCUT2D eigenvalue weighted by atomic mass is 9.96. The molecule has 5 heteroatoms. The van der Waals surface area contributed by atoms with Gasteiger partial charge in [0.15, 0.2) is 5.43 Å². The maximum atomic E-state index is 12.0. The third-order valence-electron chi connectivity index (χ3n) is 2.93. The van der Waals surface area contributed by atoms with Crippen molar-refractivity contribution in [1.29, 1.82) is 0 Å². The Bertz CT molecular complexity index is 741. The van der Waals surface area contributed by atoms with Crippen molar-refractivity contribution in [3.63, 3.8) is 0 Å². The largest absolute Gasteiger partial charge is 0.477 e. The summed E-state index contributed by atoms with van der Waals surface area (Å²) in [4.78, 5) is 23.4. The van der Waals surface area contributed by atoms with E-state index in [2.05, 4.69) is 0 Å². The second-order valence-corrected chi connectivity index (χ2v) is 6.44. The highest BCUT2D eigenvalue weighted by atomic mass is 35.5. The monoisotopic (exact) mass is 293 g/mol. The molecule has 1 N–H and O–H groups in total. The highest BCUT2D eigenvalue weighted by Crippen LogP contribution is 2.23. The fourth-order valence-corrected chi connectivity index (χ4v) is 2.34. The van der Waals surface area contributed by atoms with Crippen molar-refractivity contribution in [2.24, 2.45) is 5.41 Å². The summed E-state index contributed by atoms with van der Waals surface area (Å²) in [5.74, 6) is -1.11. The summed E-state index contributed by atoms with van der Waals surface area (Å²) in [5.41, 5.74) is 0.144. The van der Waals surface area contributed by atoms with E-state index in [1.54, 1.807) is 22.8 Å². The lowest BCUT2D eigenvalue weighted by molar-refractivity contribution is 0.0682. The molecule has 20 heavy (non-hydrogen) atoms. The molecule has 0 saturated carbocycles. The molecule has 0 saturated heterocycles. The van der Waals surface area contributed by atoms with E-state index in [4.69, 9.17) is 11.6 Å². The van der Waals surface area contributed by atoms with Crippen LogP contribution in [0.25, 0.3) is 10.9 Å². The Hall–Kier alpha value is -1.81. The number of benzene rings is 1. The highest BCUT2D eigenvalue weighted by Gasteiger charge is 2.19. The second kappa shape index (κ2) is 4.94. The van der Waals surface area contributed by atoms with Crippen LogP contribution in [0.1, 0.15) is 31.3 Å². The van der Waals surface area contributed by atoms with Crippen LogP contribution >= 0.6 is 11.6 Å². The first kappa shape index (κ1) is 14.6. The molecule has 0 unspecified atom stereocenters. The smallest absolute Gasteiger partial charge is 0.352 e. The van der Waals surface area contributed by atoms with E-state index in [0.717, 1.165) is 6.07 Å². The molecule has 0 amide bonds. The summed E-state index contributed by atoms with van der Waals surface area (Å²) in [6.45, 7) is 6.53. The number of halogens is 1. The molecule has 0 fully saturated rings. The Morgan fingerprint density at radius 2 is 1.95 bits per heavy atom. The van der Waals surface area contributed by atoms with Gasteiger partial charge in [-0.1, -0.05) is 32.4 Å². The molecule has 4 nitrogen and oxygen atoms in total. The molecule has 0 radical (unpaired) electrons. The van der Waals surface area contributed by atoms with E-state index in [-0.39, 0.29) is 16.5 Å². The van der Waals surface area contributed by atoms with E-state index < -0.39 is 5.97 Å². The molecule has 0 aliphatic carbocycles. The van der Waals surface area contributed by atoms with Crippen molar-refractivity contribution >= 4 is 28.5 Å². The Kier molecular flexibility index (Phi) is 3.61. The maximum Gasteiger partial charge on any atom is 0.352 e. The highest BCUT2D eigenvalue weighted by molar-refractivity contribution is 6.31. The number of carbonyl (C=O) groups is 1. The van der Waals surface area contributed by atoms with Gasteiger partial charge in [0.2, 0.25) is 0 Å². The molecule has 106 valence electrons. The summed E-state index contributed by atoms with van der Waals surface area (Å²) in [5, 5.41) is 10.2. The molecule has 1 heterocycles.